The van der Waals surface area contributed by atoms with Crippen LogP contribution >= 0.6 is 0 Å². The monoisotopic (exact) mass is 282 g/mol. The van der Waals surface area contributed by atoms with E-state index in [1.807, 2.05) is 0 Å². The maximum absolute atomic E-state index is 14.0. The average Bonchev–Trinajstić information content (AvgIpc) is 2.37. The summed E-state index contributed by atoms with van der Waals surface area (Å²) >= 11 is 0. The number of nitrogens with two attached hydrogens (primary N) is 1. The number of hydrogen-bond donors (Lipinski definition) is 2. The van der Waals surface area contributed by atoms with Gasteiger partial charge in [0.2, 0.25) is 0 Å². The minimum absolute atomic E-state index is 0.00757. The van der Waals surface area contributed by atoms with Crippen LogP contribution in [0.4, 0.5) is 20.2 Å². The molecule has 0 bridgehead atoms. The molecule has 3 nitrogen and oxygen atoms in total. The molecule has 5 heteroatoms. The van der Waals surface area contributed by atoms with Gasteiger partial charge in [-0.25, -0.2) is 8.78 Å². The SMILES string of the molecule is Nc1cc(F)c(N2CCC3(O)CCCCC3C2)c(F)c1. The number of halogens is 2. The quantitative estimate of drug-likeness (QED) is 0.779. The van der Waals surface area contributed by atoms with E-state index in [9.17, 15) is 13.9 Å². The topological polar surface area (TPSA) is 49.5 Å². The van der Waals surface area contributed by atoms with Gasteiger partial charge < -0.3 is 15.7 Å². The number of hydrogen-bond acceptors (Lipinski definition) is 3. The van der Waals surface area contributed by atoms with Crippen LogP contribution < -0.4 is 10.6 Å². The molecule has 3 N–H and O–H groups in total. The second-order valence-corrected chi connectivity index (χ2v) is 6.08. The van der Waals surface area contributed by atoms with Crippen LogP contribution in [0.15, 0.2) is 12.1 Å². The summed E-state index contributed by atoms with van der Waals surface area (Å²) < 4.78 is 28.0. The normalized spacial score (nSPS) is 30.1. The molecule has 2 atom stereocenters. The molecule has 1 aromatic rings. The number of fused-ring (bicyclic) bond motifs is 1. The average molecular weight is 282 g/mol. The van der Waals surface area contributed by atoms with Crippen molar-refractivity contribution in [2.24, 2.45) is 5.92 Å². The third kappa shape index (κ3) is 2.24. The summed E-state index contributed by atoms with van der Waals surface area (Å²) in [7, 11) is 0. The first-order valence-corrected chi connectivity index (χ1v) is 7.21. The standard InChI is InChI=1S/C15H20F2N2O/c16-12-7-11(18)8-13(17)14(12)19-6-5-15(20)4-2-1-3-10(15)9-19/h7-8,10,20H,1-6,9,18H2. The smallest absolute Gasteiger partial charge is 0.151 e. The van der Waals surface area contributed by atoms with Crippen molar-refractivity contribution in [3.05, 3.63) is 23.8 Å². The van der Waals surface area contributed by atoms with Crippen molar-refractivity contribution in [2.45, 2.75) is 37.7 Å². The summed E-state index contributed by atoms with van der Waals surface area (Å²) in [5.41, 5.74) is 4.89. The lowest BCUT2D eigenvalue weighted by Gasteiger charge is -2.48. The van der Waals surface area contributed by atoms with E-state index in [-0.39, 0.29) is 17.3 Å². The zero-order valence-corrected chi connectivity index (χ0v) is 11.4. The minimum atomic E-state index is -0.643. The number of nitrogen functional groups attached to an aromatic ring is 1. The molecule has 1 saturated heterocycles. The van der Waals surface area contributed by atoms with Crippen molar-refractivity contribution in [3.63, 3.8) is 0 Å². The summed E-state index contributed by atoms with van der Waals surface area (Å²) in [4.78, 5) is 1.72. The Morgan fingerprint density at radius 1 is 1.20 bits per heavy atom. The highest BCUT2D eigenvalue weighted by Crippen LogP contribution is 2.41. The van der Waals surface area contributed by atoms with E-state index in [4.69, 9.17) is 5.73 Å². The van der Waals surface area contributed by atoms with Gasteiger partial charge in [-0.3, -0.25) is 0 Å². The molecule has 0 radical (unpaired) electrons. The molecule has 20 heavy (non-hydrogen) atoms. The van der Waals surface area contributed by atoms with Crippen LogP contribution in [-0.4, -0.2) is 23.8 Å². The first-order chi connectivity index (χ1) is 9.49. The Kier molecular flexibility index (Phi) is 3.32. The number of piperidine rings is 1. The maximum atomic E-state index is 14.0. The van der Waals surface area contributed by atoms with Crippen LogP contribution in [0.5, 0.6) is 0 Å². The van der Waals surface area contributed by atoms with Crippen LogP contribution in [0.25, 0.3) is 0 Å². The molecule has 1 heterocycles. The molecule has 2 unspecified atom stereocenters. The zero-order valence-electron chi connectivity index (χ0n) is 11.4. The third-order valence-corrected chi connectivity index (χ3v) is 4.78. The second kappa shape index (κ2) is 4.88. The van der Waals surface area contributed by atoms with E-state index < -0.39 is 17.2 Å². The van der Waals surface area contributed by atoms with Gasteiger partial charge in [0.15, 0.2) is 11.6 Å². The predicted molar refractivity (Wildman–Crippen MR) is 74.5 cm³/mol. The van der Waals surface area contributed by atoms with Crippen LogP contribution in [0, 0.1) is 17.6 Å². The molecular formula is C15H20F2N2O. The van der Waals surface area contributed by atoms with Crippen LogP contribution in [0.1, 0.15) is 32.1 Å². The first-order valence-electron chi connectivity index (χ1n) is 7.21. The van der Waals surface area contributed by atoms with Crippen molar-refractivity contribution in [1.29, 1.82) is 0 Å². The molecule has 2 aliphatic rings. The maximum Gasteiger partial charge on any atom is 0.151 e. The van der Waals surface area contributed by atoms with Gasteiger partial charge in [-0.05, 0) is 31.4 Å². The Balaban J connectivity index is 1.86. The summed E-state index contributed by atoms with van der Waals surface area (Å²) in [6, 6.07) is 2.31. The van der Waals surface area contributed by atoms with E-state index in [0.29, 0.717) is 19.5 Å². The minimum Gasteiger partial charge on any atom is -0.399 e. The highest BCUT2D eigenvalue weighted by atomic mass is 19.1. The highest BCUT2D eigenvalue weighted by Gasteiger charge is 2.43. The molecule has 0 amide bonds. The predicted octanol–water partition coefficient (Wildman–Crippen LogP) is 2.68. The van der Waals surface area contributed by atoms with Crippen molar-refractivity contribution in [1.82, 2.24) is 0 Å². The lowest BCUT2D eigenvalue weighted by atomic mass is 9.71. The van der Waals surface area contributed by atoms with Gasteiger partial charge in [-0.2, -0.15) is 0 Å². The Hall–Kier alpha value is -1.36. The van der Waals surface area contributed by atoms with Gasteiger partial charge in [0.05, 0.1) is 5.60 Å². The fourth-order valence-electron chi connectivity index (χ4n) is 3.66. The third-order valence-electron chi connectivity index (χ3n) is 4.78. The van der Waals surface area contributed by atoms with Crippen molar-refractivity contribution < 1.29 is 13.9 Å². The van der Waals surface area contributed by atoms with Crippen molar-refractivity contribution >= 4 is 11.4 Å². The Bertz CT molecular complexity index is 500. The van der Waals surface area contributed by atoms with Crippen LogP contribution in [-0.2, 0) is 0 Å². The molecule has 1 aromatic carbocycles. The van der Waals surface area contributed by atoms with Crippen LogP contribution in [0.2, 0.25) is 0 Å². The van der Waals surface area contributed by atoms with Gasteiger partial charge >= 0.3 is 0 Å². The summed E-state index contributed by atoms with van der Waals surface area (Å²) in [6.45, 7) is 0.985. The molecule has 0 aromatic heterocycles. The molecular weight excluding hydrogens is 262 g/mol. The fraction of sp³-hybridized carbons (Fsp3) is 0.600. The Morgan fingerprint density at radius 3 is 2.60 bits per heavy atom. The lowest BCUT2D eigenvalue weighted by molar-refractivity contribution is -0.0614. The van der Waals surface area contributed by atoms with Crippen molar-refractivity contribution in [2.75, 3.05) is 23.7 Å². The number of aliphatic hydroxyl groups is 1. The van der Waals surface area contributed by atoms with E-state index in [1.165, 1.54) is 0 Å². The molecule has 1 aliphatic heterocycles. The molecule has 0 spiro atoms. The highest BCUT2D eigenvalue weighted by molar-refractivity contribution is 5.56. The molecule has 1 aliphatic carbocycles. The Labute approximate surface area is 117 Å². The summed E-state index contributed by atoms with van der Waals surface area (Å²) in [6.07, 6.45) is 4.41. The summed E-state index contributed by atoms with van der Waals surface area (Å²) in [5.74, 6) is -1.14. The Morgan fingerprint density at radius 2 is 1.90 bits per heavy atom. The molecule has 1 saturated carbocycles. The largest absolute Gasteiger partial charge is 0.399 e. The van der Waals surface area contributed by atoms with Crippen LogP contribution in [0.3, 0.4) is 0 Å². The van der Waals surface area contributed by atoms with E-state index in [2.05, 4.69) is 0 Å². The number of anilines is 2. The van der Waals surface area contributed by atoms with Crippen molar-refractivity contribution in [3.8, 4) is 0 Å². The number of benzene rings is 1. The summed E-state index contributed by atoms with van der Waals surface area (Å²) in [5, 5.41) is 10.6. The van der Waals surface area contributed by atoms with E-state index >= 15 is 0 Å². The zero-order chi connectivity index (χ0) is 14.3. The first kappa shape index (κ1) is 13.6. The molecule has 110 valence electrons. The van der Waals surface area contributed by atoms with Gasteiger partial charge in [-0.1, -0.05) is 12.8 Å². The fourth-order valence-corrected chi connectivity index (χ4v) is 3.66. The van der Waals surface area contributed by atoms with Gasteiger partial charge in [0, 0.05) is 24.7 Å². The van der Waals surface area contributed by atoms with E-state index in [1.54, 1.807) is 4.90 Å². The van der Waals surface area contributed by atoms with Gasteiger partial charge in [-0.15, -0.1) is 0 Å². The second-order valence-electron chi connectivity index (χ2n) is 6.08. The number of rotatable bonds is 1. The molecule has 2 fully saturated rings. The van der Waals surface area contributed by atoms with E-state index in [0.717, 1.165) is 37.8 Å². The molecule has 3 rings (SSSR count). The van der Waals surface area contributed by atoms with Gasteiger partial charge in [0.1, 0.15) is 5.69 Å². The number of nitrogens with zero attached hydrogens (tertiary/aromatic N) is 1. The van der Waals surface area contributed by atoms with Gasteiger partial charge in [0.25, 0.3) is 0 Å². The lowest BCUT2D eigenvalue weighted by Crippen LogP contribution is -2.53.